The number of nitrogens with one attached hydrogen (secondary N) is 1. The van der Waals surface area contributed by atoms with Gasteiger partial charge in [0.2, 0.25) is 0 Å². The summed E-state index contributed by atoms with van der Waals surface area (Å²) in [6.07, 6.45) is 10.7. The molecule has 5 rings (SSSR count). The van der Waals surface area contributed by atoms with Gasteiger partial charge in [0.25, 0.3) is 5.91 Å². The Bertz CT molecular complexity index is 1380. The summed E-state index contributed by atoms with van der Waals surface area (Å²) in [7, 11) is 1.87. The van der Waals surface area contributed by atoms with Gasteiger partial charge in [0.1, 0.15) is 0 Å². The predicted molar refractivity (Wildman–Crippen MR) is 115 cm³/mol. The number of anilines is 2. The SMILES string of the molecule is Cn1cc(-c2cnc3c(-c4csc(C(=O)Nc5ncccc5N)c4)cnn3c2)cn1. The van der Waals surface area contributed by atoms with Gasteiger partial charge in [0.05, 0.1) is 23.0 Å². The number of carbonyl (C=O) groups is 1. The first-order chi connectivity index (χ1) is 14.6. The summed E-state index contributed by atoms with van der Waals surface area (Å²) in [5.74, 6) is 0.0815. The molecule has 3 N–H and O–H groups in total. The Morgan fingerprint density at radius 1 is 1.10 bits per heavy atom. The summed E-state index contributed by atoms with van der Waals surface area (Å²) in [5, 5.41) is 13.3. The molecule has 0 aliphatic rings. The van der Waals surface area contributed by atoms with Crippen molar-refractivity contribution in [1.29, 1.82) is 0 Å². The van der Waals surface area contributed by atoms with Gasteiger partial charge in [-0.05, 0) is 29.1 Å². The maximum atomic E-state index is 12.6. The van der Waals surface area contributed by atoms with Crippen molar-refractivity contribution in [1.82, 2.24) is 29.4 Å². The second-order valence-electron chi connectivity index (χ2n) is 6.67. The van der Waals surface area contributed by atoms with E-state index in [4.69, 9.17) is 5.73 Å². The predicted octanol–water partition coefficient (Wildman–Crippen LogP) is 3.09. The number of thiophene rings is 1. The molecule has 0 fully saturated rings. The smallest absolute Gasteiger partial charge is 0.266 e. The number of amides is 1. The summed E-state index contributed by atoms with van der Waals surface area (Å²) in [6.45, 7) is 0. The minimum Gasteiger partial charge on any atom is -0.396 e. The Morgan fingerprint density at radius 3 is 2.77 bits per heavy atom. The molecule has 0 radical (unpaired) electrons. The Morgan fingerprint density at radius 2 is 1.97 bits per heavy atom. The quantitative estimate of drug-likeness (QED) is 0.465. The van der Waals surface area contributed by atoms with Crippen LogP contribution in [0, 0.1) is 0 Å². The average Bonchev–Trinajstić information content (AvgIpc) is 3.48. The molecule has 9 nitrogen and oxygen atoms in total. The zero-order valence-corrected chi connectivity index (χ0v) is 16.7. The summed E-state index contributed by atoms with van der Waals surface area (Å²) in [5.41, 5.74) is 10.6. The fraction of sp³-hybridized carbons (Fsp3) is 0.0500. The molecule has 0 unspecified atom stereocenters. The van der Waals surface area contributed by atoms with Crippen LogP contribution in [0.3, 0.4) is 0 Å². The fourth-order valence-corrected chi connectivity index (χ4v) is 3.89. The molecule has 0 bridgehead atoms. The highest BCUT2D eigenvalue weighted by atomic mass is 32.1. The number of nitrogens with zero attached hydrogens (tertiary/aromatic N) is 6. The van der Waals surface area contributed by atoms with Crippen LogP contribution in [0.4, 0.5) is 11.5 Å². The summed E-state index contributed by atoms with van der Waals surface area (Å²) in [4.78, 5) is 21.8. The fourth-order valence-electron chi connectivity index (χ4n) is 3.09. The number of fused-ring (bicyclic) bond motifs is 1. The van der Waals surface area contributed by atoms with E-state index in [9.17, 15) is 4.79 Å². The molecule has 1 amide bonds. The standard InChI is InChI=1S/C20H16N8OS/c1-27-9-14(7-24-27)13-6-23-19-15(8-25-28(19)10-13)12-5-17(30-11-12)20(29)26-18-16(21)3-2-4-22-18/h2-11H,21H2,1H3,(H,22,26,29). The maximum Gasteiger partial charge on any atom is 0.266 e. The number of hydrogen-bond acceptors (Lipinski definition) is 7. The van der Waals surface area contributed by atoms with E-state index in [2.05, 4.69) is 25.5 Å². The number of rotatable bonds is 4. The molecule has 0 aliphatic heterocycles. The molecule has 30 heavy (non-hydrogen) atoms. The topological polar surface area (TPSA) is 116 Å². The first kappa shape index (κ1) is 18.0. The van der Waals surface area contributed by atoms with Crippen molar-refractivity contribution in [3.05, 3.63) is 65.6 Å². The molecule has 5 heterocycles. The lowest BCUT2D eigenvalue weighted by Gasteiger charge is -2.04. The van der Waals surface area contributed by atoms with E-state index < -0.39 is 0 Å². The lowest BCUT2D eigenvalue weighted by atomic mass is 10.1. The number of hydrogen-bond donors (Lipinski definition) is 2. The van der Waals surface area contributed by atoms with Gasteiger partial charge in [-0.15, -0.1) is 11.3 Å². The van der Waals surface area contributed by atoms with Crippen LogP contribution < -0.4 is 11.1 Å². The third-order valence-corrected chi connectivity index (χ3v) is 5.53. The van der Waals surface area contributed by atoms with E-state index >= 15 is 0 Å². The van der Waals surface area contributed by atoms with Crippen LogP contribution in [0.25, 0.3) is 27.9 Å². The highest BCUT2D eigenvalue weighted by Crippen LogP contribution is 2.30. The van der Waals surface area contributed by atoms with Gasteiger partial charge in [-0.25, -0.2) is 14.5 Å². The van der Waals surface area contributed by atoms with Crippen molar-refractivity contribution in [2.24, 2.45) is 7.05 Å². The van der Waals surface area contributed by atoms with Crippen LogP contribution in [-0.4, -0.2) is 35.3 Å². The van der Waals surface area contributed by atoms with E-state index in [0.717, 1.165) is 22.3 Å². The zero-order chi connectivity index (χ0) is 20.7. The number of aromatic nitrogens is 6. The van der Waals surface area contributed by atoms with E-state index in [-0.39, 0.29) is 5.91 Å². The van der Waals surface area contributed by atoms with Crippen LogP contribution in [0.15, 0.2) is 60.8 Å². The van der Waals surface area contributed by atoms with E-state index in [1.54, 1.807) is 46.1 Å². The first-order valence-corrected chi connectivity index (χ1v) is 9.89. The van der Waals surface area contributed by atoms with Gasteiger partial charge in [-0.1, -0.05) is 0 Å². The molecular weight excluding hydrogens is 400 g/mol. The largest absolute Gasteiger partial charge is 0.396 e. The highest BCUT2D eigenvalue weighted by molar-refractivity contribution is 7.12. The Hall–Kier alpha value is -4.05. The molecule has 148 valence electrons. The second kappa shape index (κ2) is 7.08. The number of carbonyl (C=O) groups excluding carboxylic acids is 1. The lowest BCUT2D eigenvalue weighted by molar-refractivity contribution is 0.103. The third-order valence-electron chi connectivity index (χ3n) is 4.60. The van der Waals surface area contributed by atoms with Crippen LogP contribution in [0.1, 0.15) is 9.67 Å². The van der Waals surface area contributed by atoms with Crippen LogP contribution >= 0.6 is 11.3 Å². The van der Waals surface area contributed by atoms with Gasteiger partial charge >= 0.3 is 0 Å². The van der Waals surface area contributed by atoms with Crippen molar-refractivity contribution in [3.8, 4) is 22.3 Å². The molecular formula is C20H16N8OS. The Kier molecular flexibility index (Phi) is 4.25. The third kappa shape index (κ3) is 3.18. The normalized spacial score (nSPS) is 11.1. The summed E-state index contributed by atoms with van der Waals surface area (Å²) < 4.78 is 3.47. The van der Waals surface area contributed by atoms with Crippen molar-refractivity contribution in [2.45, 2.75) is 0 Å². The van der Waals surface area contributed by atoms with Crippen molar-refractivity contribution in [3.63, 3.8) is 0 Å². The van der Waals surface area contributed by atoms with Gasteiger partial charge < -0.3 is 11.1 Å². The monoisotopic (exact) mass is 416 g/mol. The van der Waals surface area contributed by atoms with E-state index in [1.807, 2.05) is 30.9 Å². The van der Waals surface area contributed by atoms with Gasteiger partial charge in [0.15, 0.2) is 11.5 Å². The average molecular weight is 416 g/mol. The molecule has 5 aromatic heterocycles. The van der Waals surface area contributed by atoms with Crippen LogP contribution in [0.2, 0.25) is 0 Å². The number of nitrogen functional groups attached to an aromatic ring is 1. The Labute approximate surface area is 174 Å². The van der Waals surface area contributed by atoms with E-state index in [0.29, 0.717) is 22.0 Å². The number of pyridine rings is 1. The molecule has 0 aliphatic carbocycles. The first-order valence-electron chi connectivity index (χ1n) is 9.01. The van der Waals surface area contributed by atoms with Crippen LogP contribution in [0.5, 0.6) is 0 Å². The van der Waals surface area contributed by atoms with Crippen molar-refractivity contribution < 1.29 is 4.79 Å². The van der Waals surface area contributed by atoms with Gasteiger partial charge in [-0.3, -0.25) is 9.48 Å². The summed E-state index contributed by atoms with van der Waals surface area (Å²) in [6, 6.07) is 5.21. The van der Waals surface area contributed by atoms with E-state index in [1.165, 1.54) is 11.3 Å². The molecule has 0 atom stereocenters. The highest BCUT2D eigenvalue weighted by Gasteiger charge is 2.16. The van der Waals surface area contributed by atoms with Crippen molar-refractivity contribution in [2.75, 3.05) is 11.1 Å². The van der Waals surface area contributed by atoms with Gasteiger partial charge in [-0.2, -0.15) is 10.2 Å². The molecule has 0 spiro atoms. The van der Waals surface area contributed by atoms with Crippen LogP contribution in [-0.2, 0) is 7.05 Å². The second-order valence-corrected chi connectivity index (χ2v) is 7.58. The van der Waals surface area contributed by atoms with Crippen molar-refractivity contribution >= 4 is 34.4 Å². The maximum absolute atomic E-state index is 12.6. The molecule has 10 heteroatoms. The molecule has 0 aromatic carbocycles. The van der Waals surface area contributed by atoms with Gasteiger partial charge in [0, 0.05) is 48.5 Å². The number of nitrogens with two attached hydrogens (primary N) is 1. The molecule has 0 saturated heterocycles. The number of aryl methyl sites for hydroxylation is 1. The Balaban J connectivity index is 1.43. The summed E-state index contributed by atoms with van der Waals surface area (Å²) >= 11 is 1.34. The molecule has 5 aromatic rings. The molecule has 0 saturated carbocycles. The minimum absolute atomic E-state index is 0.264. The minimum atomic E-state index is -0.264. The zero-order valence-electron chi connectivity index (χ0n) is 15.9. The lowest BCUT2D eigenvalue weighted by Crippen LogP contribution is -2.12.